The van der Waals surface area contributed by atoms with Crippen LogP contribution >= 0.6 is 46.1 Å². The minimum Gasteiger partial charge on any atom is -0.485 e. The monoisotopic (exact) mass is 260 g/mol. The molecule has 1 aliphatic rings. The Kier molecular flexibility index (Phi) is 5.02. The van der Waals surface area contributed by atoms with E-state index >= 15 is 0 Å². The number of ether oxygens (including phenoxy) is 2. The van der Waals surface area contributed by atoms with Crippen molar-refractivity contribution in [2.24, 2.45) is 0 Å². The molecule has 6 heteroatoms. The van der Waals surface area contributed by atoms with Crippen LogP contribution in [0.2, 0.25) is 0 Å². The second-order valence-electron chi connectivity index (χ2n) is 2.04. The molecule has 0 fully saturated rings. The summed E-state index contributed by atoms with van der Waals surface area (Å²) >= 11 is 16.0. The van der Waals surface area contributed by atoms with Crippen LogP contribution in [0.4, 0.5) is 0 Å². The first-order chi connectivity index (χ1) is 6.20. The van der Waals surface area contributed by atoms with Gasteiger partial charge in [-0.25, -0.2) is 0 Å². The second-order valence-corrected chi connectivity index (χ2v) is 4.77. The third-order valence-corrected chi connectivity index (χ3v) is 1.89. The average molecular weight is 262 g/mol. The fourth-order valence-electron chi connectivity index (χ4n) is 0.787. The molecule has 2 heterocycles. The lowest BCUT2D eigenvalue weighted by molar-refractivity contribution is 0.173. The van der Waals surface area contributed by atoms with Crippen molar-refractivity contribution in [2.45, 2.75) is 4.30 Å². The third-order valence-electron chi connectivity index (χ3n) is 1.19. The molecule has 0 amide bonds. The Balaban J connectivity index is 0.000000184. The van der Waals surface area contributed by atoms with Crippen molar-refractivity contribution < 1.29 is 9.47 Å². The summed E-state index contributed by atoms with van der Waals surface area (Å²) in [6.45, 7) is 1.37. The van der Waals surface area contributed by atoms with Crippen molar-refractivity contribution in [2.75, 3.05) is 13.2 Å². The summed E-state index contributed by atoms with van der Waals surface area (Å²) in [6.07, 6.45) is 0. The first-order valence-corrected chi connectivity index (χ1v) is 5.69. The summed E-state index contributed by atoms with van der Waals surface area (Å²) in [5, 5.41) is 3.91. The minimum atomic E-state index is -0.750. The molecule has 1 aromatic rings. The van der Waals surface area contributed by atoms with E-state index in [1.54, 1.807) is 11.3 Å². The number of halogens is 3. The van der Waals surface area contributed by atoms with Crippen LogP contribution in [0.25, 0.3) is 0 Å². The molecule has 0 bridgehead atoms. The smallest absolute Gasteiger partial charge is 0.180 e. The SMILES string of the molecule is ClC(Cl)Cl.c1scc2c1OCCO2. The van der Waals surface area contributed by atoms with Gasteiger partial charge >= 0.3 is 0 Å². The van der Waals surface area contributed by atoms with Crippen LogP contribution in [0.1, 0.15) is 0 Å². The molecule has 1 aromatic heterocycles. The molecule has 0 N–H and O–H groups in total. The van der Waals surface area contributed by atoms with E-state index in [0.717, 1.165) is 11.5 Å². The molecule has 0 aliphatic carbocycles. The van der Waals surface area contributed by atoms with Gasteiger partial charge in [-0.05, 0) is 0 Å². The zero-order valence-corrected chi connectivity index (χ0v) is 9.59. The molecule has 0 spiro atoms. The van der Waals surface area contributed by atoms with Gasteiger partial charge in [0.15, 0.2) is 15.8 Å². The summed E-state index contributed by atoms with van der Waals surface area (Å²) in [5.41, 5.74) is 0. The van der Waals surface area contributed by atoms with Crippen LogP contribution < -0.4 is 9.47 Å². The second kappa shape index (κ2) is 5.81. The molecule has 0 saturated carbocycles. The van der Waals surface area contributed by atoms with Crippen LogP contribution in [0.5, 0.6) is 11.5 Å². The largest absolute Gasteiger partial charge is 0.485 e. The topological polar surface area (TPSA) is 18.5 Å². The van der Waals surface area contributed by atoms with Crippen molar-refractivity contribution in [3.63, 3.8) is 0 Å². The first-order valence-electron chi connectivity index (χ1n) is 3.44. The Bertz CT molecular complexity index is 228. The van der Waals surface area contributed by atoms with Gasteiger partial charge in [-0.15, -0.1) is 11.3 Å². The van der Waals surface area contributed by atoms with Gasteiger partial charge in [0, 0.05) is 10.8 Å². The van der Waals surface area contributed by atoms with Crippen molar-refractivity contribution in [3.05, 3.63) is 10.8 Å². The molecule has 0 saturated heterocycles. The Morgan fingerprint density at radius 2 is 1.46 bits per heavy atom. The van der Waals surface area contributed by atoms with E-state index in [4.69, 9.17) is 44.3 Å². The number of hydrogen-bond acceptors (Lipinski definition) is 3. The maximum Gasteiger partial charge on any atom is 0.180 e. The molecule has 1 aliphatic heterocycles. The highest BCUT2D eigenvalue weighted by Crippen LogP contribution is 2.33. The predicted molar refractivity (Wildman–Crippen MR) is 56.7 cm³/mol. The molecular weight excluding hydrogens is 255 g/mol. The van der Waals surface area contributed by atoms with Gasteiger partial charge in [0.1, 0.15) is 13.2 Å². The Morgan fingerprint density at radius 1 is 1.08 bits per heavy atom. The molecular formula is C7H7Cl3O2S. The van der Waals surface area contributed by atoms with Gasteiger partial charge < -0.3 is 9.47 Å². The number of rotatable bonds is 0. The average Bonchev–Trinajstić information content (AvgIpc) is 2.49. The van der Waals surface area contributed by atoms with Crippen molar-refractivity contribution in [3.8, 4) is 11.5 Å². The van der Waals surface area contributed by atoms with E-state index in [1.807, 2.05) is 10.8 Å². The predicted octanol–water partition coefficient (Wildman–Crippen LogP) is 3.51. The number of fused-ring (bicyclic) bond motifs is 1. The summed E-state index contributed by atoms with van der Waals surface area (Å²) in [5.74, 6) is 1.79. The summed E-state index contributed by atoms with van der Waals surface area (Å²) in [4.78, 5) is 0. The van der Waals surface area contributed by atoms with E-state index in [0.29, 0.717) is 13.2 Å². The molecule has 2 rings (SSSR count). The standard InChI is InChI=1S/C6H6O2S.CHCl3/c1-2-8-6-4-9-3-5(6)7-1;2-1(3)4/h3-4H,1-2H2;1H. The molecule has 13 heavy (non-hydrogen) atoms. The summed E-state index contributed by atoms with van der Waals surface area (Å²) in [6, 6.07) is 0. The van der Waals surface area contributed by atoms with Gasteiger partial charge in [0.05, 0.1) is 0 Å². The Hall–Kier alpha value is 0.170. The lowest BCUT2D eigenvalue weighted by Crippen LogP contribution is -2.13. The molecule has 74 valence electrons. The Morgan fingerprint density at radius 3 is 1.85 bits per heavy atom. The van der Waals surface area contributed by atoms with Gasteiger partial charge in [-0.1, -0.05) is 34.8 Å². The van der Waals surface area contributed by atoms with Gasteiger partial charge in [-0.3, -0.25) is 0 Å². The van der Waals surface area contributed by atoms with Crippen LogP contribution in [0.15, 0.2) is 10.8 Å². The number of thiophene rings is 1. The lowest BCUT2D eigenvalue weighted by atomic mass is 10.5. The van der Waals surface area contributed by atoms with Crippen LogP contribution in [-0.2, 0) is 0 Å². The number of hydrogen-bond donors (Lipinski definition) is 0. The van der Waals surface area contributed by atoms with Gasteiger partial charge in [0.25, 0.3) is 0 Å². The zero-order chi connectivity index (χ0) is 9.68. The highest BCUT2D eigenvalue weighted by Gasteiger charge is 2.10. The maximum atomic E-state index is 5.25. The van der Waals surface area contributed by atoms with E-state index in [2.05, 4.69) is 0 Å². The van der Waals surface area contributed by atoms with Gasteiger partial charge in [-0.2, -0.15) is 0 Å². The summed E-state index contributed by atoms with van der Waals surface area (Å²) in [7, 11) is 0. The van der Waals surface area contributed by atoms with E-state index in [9.17, 15) is 0 Å². The van der Waals surface area contributed by atoms with Crippen LogP contribution in [-0.4, -0.2) is 17.5 Å². The molecule has 0 aromatic carbocycles. The van der Waals surface area contributed by atoms with Crippen molar-refractivity contribution >= 4 is 46.1 Å². The summed E-state index contributed by atoms with van der Waals surface area (Å²) < 4.78 is 9.75. The van der Waals surface area contributed by atoms with E-state index < -0.39 is 4.30 Å². The minimum absolute atomic E-state index is 0.684. The lowest BCUT2D eigenvalue weighted by Gasteiger charge is -2.13. The first kappa shape index (κ1) is 11.2. The third kappa shape index (κ3) is 4.27. The fraction of sp³-hybridized carbons (Fsp3) is 0.429. The highest BCUT2D eigenvalue weighted by atomic mass is 35.6. The fourth-order valence-corrected chi connectivity index (χ4v) is 1.47. The van der Waals surface area contributed by atoms with Crippen molar-refractivity contribution in [1.82, 2.24) is 0 Å². The normalized spacial score (nSPS) is 13.5. The Labute approximate surface area is 95.3 Å². The van der Waals surface area contributed by atoms with E-state index in [1.165, 1.54) is 0 Å². The van der Waals surface area contributed by atoms with Gasteiger partial charge in [0.2, 0.25) is 0 Å². The molecule has 0 atom stereocenters. The molecule has 0 unspecified atom stereocenters. The van der Waals surface area contributed by atoms with Crippen LogP contribution in [0, 0.1) is 0 Å². The number of alkyl halides is 3. The van der Waals surface area contributed by atoms with E-state index in [-0.39, 0.29) is 0 Å². The highest BCUT2D eigenvalue weighted by molar-refractivity contribution is 7.08. The molecule has 2 nitrogen and oxygen atoms in total. The van der Waals surface area contributed by atoms with Crippen LogP contribution in [0.3, 0.4) is 0 Å². The molecule has 0 radical (unpaired) electrons. The maximum absolute atomic E-state index is 5.25. The van der Waals surface area contributed by atoms with Crippen molar-refractivity contribution in [1.29, 1.82) is 0 Å². The quantitative estimate of drug-likeness (QED) is 0.666. The zero-order valence-electron chi connectivity index (χ0n) is 6.50.